The van der Waals surface area contributed by atoms with E-state index in [1.165, 1.54) is 4.88 Å². The van der Waals surface area contributed by atoms with Crippen molar-refractivity contribution in [3.63, 3.8) is 0 Å². The van der Waals surface area contributed by atoms with E-state index < -0.39 is 0 Å². The normalized spacial score (nSPS) is 18.7. The van der Waals surface area contributed by atoms with Gasteiger partial charge in [-0.1, -0.05) is 22.0 Å². The maximum absolute atomic E-state index is 6.05. The van der Waals surface area contributed by atoms with Crippen LogP contribution >= 0.6 is 43.2 Å². The third kappa shape index (κ3) is 2.57. The summed E-state index contributed by atoms with van der Waals surface area (Å²) >= 11 is 8.73. The van der Waals surface area contributed by atoms with Crippen molar-refractivity contribution < 1.29 is 0 Å². The number of aliphatic imine (C=N–C) groups is 1. The zero-order valence-electron chi connectivity index (χ0n) is 9.88. The van der Waals surface area contributed by atoms with E-state index >= 15 is 0 Å². The molecule has 19 heavy (non-hydrogen) atoms. The Labute approximate surface area is 132 Å². The Morgan fingerprint density at radius 2 is 2.11 bits per heavy atom. The molecule has 0 spiro atoms. The number of hydrogen-bond acceptors (Lipinski definition) is 4. The van der Waals surface area contributed by atoms with Crippen LogP contribution in [0.25, 0.3) is 0 Å². The molecule has 1 aromatic heterocycles. The molecule has 0 bridgehead atoms. The highest BCUT2D eigenvalue weighted by Gasteiger charge is 2.29. The Balaban J connectivity index is 1.99. The van der Waals surface area contributed by atoms with Gasteiger partial charge < -0.3 is 10.6 Å². The summed E-state index contributed by atoms with van der Waals surface area (Å²) in [7, 11) is 0. The average molecular weight is 401 g/mol. The van der Waals surface area contributed by atoms with Crippen molar-refractivity contribution in [2.45, 2.75) is 6.04 Å². The van der Waals surface area contributed by atoms with Gasteiger partial charge in [0.25, 0.3) is 0 Å². The van der Waals surface area contributed by atoms with E-state index in [1.54, 1.807) is 11.3 Å². The minimum Gasteiger partial charge on any atom is -0.369 e. The predicted molar refractivity (Wildman–Crippen MR) is 87.9 cm³/mol. The number of rotatable bonds is 2. The molecule has 98 valence electrons. The first kappa shape index (κ1) is 13.1. The van der Waals surface area contributed by atoms with E-state index in [2.05, 4.69) is 60.0 Å². The summed E-state index contributed by atoms with van der Waals surface area (Å²) in [6.45, 7) is 0.700. The highest BCUT2D eigenvalue weighted by Crippen LogP contribution is 2.36. The molecule has 1 unspecified atom stereocenters. The van der Waals surface area contributed by atoms with Gasteiger partial charge in [0.2, 0.25) is 0 Å². The fraction of sp³-hybridized carbons (Fsp3) is 0.154. The van der Waals surface area contributed by atoms with Crippen molar-refractivity contribution in [2.75, 3.05) is 11.4 Å². The molecule has 3 rings (SSSR count). The first-order valence-corrected chi connectivity index (χ1v) is 8.15. The molecule has 1 aliphatic rings. The first-order chi connectivity index (χ1) is 9.15. The molecule has 2 aromatic rings. The second kappa shape index (κ2) is 5.26. The molecule has 0 fully saturated rings. The van der Waals surface area contributed by atoms with Crippen molar-refractivity contribution in [1.29, 1.82) is 0 Å². The number of guanidine groups is 1. The van der Waals surface area contributed by atoms with Crippen LogP contribution in [0.5, 0.6) is 0 Å². The lowest BCUT2D eigenvalue weighted by Crippen LogP contribution is -2.35. The van der Waals surface area contributed by atoms with Crippen LogP contribution in [-0.2, 0) is 0 Å². The minimum absolute atomic E-state index is 0.186. The van der Waals surface area contributed by atoms with E-state index in [4.69, 9.17) is 5.73 Å². The standard InChI is InChI=1S/C13H11Br2N3S/c14-8-2-1-3-9(6-8)18-10(7-17-13(18)16)11-4-5-12(15)19-11/h1-6,10H,7H2,(H2,16,17). The van der Waals surface area contributed by atoms with Gasteiger partial charge in [0.1, 0.15) is 0 Å². The molecule has 0 aliphatic carbocycles. The summed E-state index contributed by atoms with van der Waals surface area (Å²) in [4.78, 5) is 7.73. The fourth-order valence-electron chi connectivity index (χ4n) is 2.16. The van der Waals surface area contributed by atoms with Crippen molar-refractivity contribution in [1.82, 2.24) is 0 Å². The number of hydrogen-bond donors (Lipinski definition) is 1. The summed E-state index contributed by atoms with van der Waals surface area (Å²) in [6, 6.07) is 12.5. The van der Waals surface area contributed by atoms with Crippen LogP contribution in [0.2, 0.25) is 0 Å². The van der Waals surface area contributed by atoms with E-state index in [9.17, 15) is 0 Å². The van der Waals surface area contributed by atoms with E-state index in [1.807, 2.05) is 18.2 Å². The summed E-state index contributed by atoms with van der Waals surface area (Å²) in [5, 5.41) is 0. The van der Waals surface area contributed by atoms with Crippen LogP contribution < -0.4 is 10.6 Å². The Morgan fingerprint density at radius 3 is 2.79 bits per heavy atom. The zero-order chi connectivity index (χ0) is 13.4. The molecule has 3 nitrogen and oxygen atoms in total. The molecule has 2 N–H and O–H groups in total. The Kier molecular flexibility index (Phi) is 3.64. The summed E-state index contributed by atoms with van der Waals surface area (Å²) in [5.41, 5.74) is 7.11. The monoisotopic (exact) mass is 399 g/mol. The van der Waals surface area contributed by atoms with Gasteiger partial charge >= 0.3 is 0 Å². The molecule has 0 amide bonds. The van der Waals surface area contributed by atoms with Crippen LogP contribution in [-0.4, -0.2) is 12.5 Å². The quantitative estimate of drug-likeness (QED) is 0.822. The summed E-state index contributed by atoms with van der Waals surface area (Å²) in [6.07, 6.45) is 0. The van der Waals surface area contributed by atoms with E-state index in [0.29, 0.717) is 12.5 Å². The fourth-order valence-corrected chi connectivity index (χ4v) is 4.05. The van der Waals surface area contributed by atoms with Crippen molar-refractivity contribution in [3.05, 3.63) is 49.5 Å². The van der Waals surface area contributed by atoms with Crippen LogP contribution in [0.4, 0.5) is 5.69 Å². The predicted octanol–water partition coefficient (Wildman–Crippen LogP) is 4.15. The molecular formula is C13H11Br2N3S. The molecule has 1 atom stereocenters. The molecular weight excluding hydrogens is 390 g/mol. The maximum atomic E-state index is 6.05. The highest BCUT2D eigenvalue weighted by molar-refractivity contribution is 9.11. The number of thiophene rings is 1. The third-order valence-corrected chi connectivity index (χ3v) is 5.21. The summed E-state index contributed by atoms with van der Waals surface area (Å²) in [5.74, 6) is 0.577. The van der Waals surface area contributed by atoms with Crippen LogP contribution in [0, 0.1) is 0 Å². The van der Waals surface area contributed by atoms with Gasteiger partial charge in [-0.25, -0.2) is 0 Å². The molecule has 0 saturated heterocycles. The lowest BCUT2D eigenvalue weighted by Gasteiger charge is -2.25. The maximum Gasteiger partial charge on any atom is 0.196 e. The van der Waals surface area contributed by atoms with Crippen molar-refractivity contribution in [3.8, 4) is 0 Å². The lowest BCUT2D eigenvalue weighted by atomic mass is 10.2. The molecule has 6 heteroatoms. The molecule has 1 aromatic carbocycles. The number of halogens is 2. The number of nitrogens with zero attached hydrogens (tertiary/aromatic N) is 2. The van der Waals surface area contributed by atoms with Crippen molar-refractivity contribution in [2.24, 2.45) is 10.7 Å². The minimum atomic E-state index is 0.186. The second-order valence-corrected chi connectivity index (χ2v) is 7.62. The average Bonchev–Trinajstić information content (AvgIpc) is 2.95. The third-order valence-electron chi connectivity index (χ3n) is 2.99. The van der Waals surface area contributed by atoms with E-state index in [0.717, 1.165) is 13.9 Å². The molecule has 0 radical (unpaired) electrons. The van der Waals surface area contributed by atoms with Crippen LogP contribution in [0.1, 0.15) is 10.9 Å². The topological polar surface area (TPSA) is 41.6 Å². The summed E-state index contributed by atoms with van der Waals surface area (Å²) < 4.78 is 2.16. The van der Waals surface area contributed by atoms with Crippen LogP contribution in [0.3, 0.4) is 0 Å². The van der Waals surface area contributed by atoms with Gasteiger partial charge in [-0.05, 0) is 46.3 Å². The van der Waals surface area contributed by atoms with Gasteiger partial charge in [0, 0.05) is 15.0 Å². The van der Waals surface area contributed by atoms with Gasteiger partial charge in [-0.15, -0.1) is 11.3 Å². The van der Waals surface area contributed by atoms with Gasteiger partial charge in [0.05, 0.1) is 16.4 Å². The van der Waals surface area contributed by atoms with Gasteiger partial charge in [-0.3, -0.25) is 4.99 Å². The zero-order valence-corrected chi connectivity index (χ0v) is 13.9. The Hall–Kier alpha value is -0.850. The molecule has 0 saturated carbocycles. The molecule has 2 heterocycles. The SMILES string of the molecule is NC1=NCC(c2ccc(Br)s2)N1c1cccc(Br)c1. The number of nitrogens with two attached hydrogens (primary N) is 1. The smallest absolute Gasteiger partial charge is 0.196 e. The van der Waals surface area contributed by atoms with Crippen molar-refractivity contribution >= 4 is 54.8 Å². The van der Waals surface area contributed by atoms with E-state index in [-0.39, 0.29) is 6.04 Å². The lowest BCUT2D eigenvalue weighted by molar-refractivity contribution is 0.784. The second-order valence-electron chi connectivity index (χ2n) is 4.21. The highest BCUT2D eigenvalue weighted by atomic mass is 79.9. The first-order valence-electron chi connectivity index (χ1n) is 5.75. The Bertz CT molecular complexity index is 638. The Morgan fingerprint density at radius 1 is 1.26 bits per heavy atom. The number of benzene rings is 1. The largest absolute Gasteiger partial charge is 0.369 e. The van der Waals surface area contributed by atoms with Crippen LogP contribution in [0.15, 0.2) is 49.6 Å². The van der Waals surface area contributed by atoms with Gasteiger partial charge in [-0.2, -0.15) is 0 Å². The van der Waals surface area contributed by atoms with Gasteiger partial charge in [0.15, 0.2) is 5.96 Å². The number of anilines is 1. The molecule has 1 aliphatic heterocycles.